The molecule has 126 valence electrons. The van der Waals surface area contributed by atoms with Crippen molar-refractivity contribution in [2.24, 2.45) is 0 Å². The third-order valence-electron chi connectivity index (χ3n) is 4.04. The van der Waals surface area contributed by atoms with Gasteiger partial charge in [-0.2, -0.15) is 0 Å². The molecule has 0 aliphatic carbocycles. The summed E-state index contributed by atoms with van der Waals surface area (Å²) in [6.45, 7) is 0. The summed E-state index contributed by atoms with van der Waals surface area (Å²) < 4.78 is 14.4. The highest BCUT2D eigenvalue weighted by molar-refractivity contribution is 6.30. The largest absolute Gasteiger partial charge is 0.328 e. The van der Waals surface area contributed by atoms with Crippen molar-refractivity contribution in [3.05, 3.63) is 105 Å². The Hall–Kier alpha value is -2.72. The van der Waals surface area contributed by atoms with Gasteiger partial charge in [0.15, 0.2) is 5.78 Å². The Morgan fingerprint density at radius 3 is 2.48 bits per heavy atom. The van der Waals surface area contributed by atoms with Gasteiger partial charge in [0.1, 0.15) is 5.82 Å². The molecule has 0 amide bonds. The fourth-order valence-electron chi connectivity index (χ4n) is 2.76. The average molecular weight is 356 g/mol. The van der Waals surface area contributed by atoms with E-state index >= 15 is 0 Å². The first-order valence-electron chi connectivity index (χ1n) is 7.76. The lowest BCUT2D eigenvalue weighted by atomic mass is 9.85. The standard InChI is InChI=1S/C20H15ClFNO2/c21-15-7-8-16(18(22)10-15)17(13-4-2-1-3-5-13)11-19(24)14-6-9-20(25)23-12-14/h1-10,12,17H,11H2,(H,23,25). The Labute approximate surface area is 149 Å². The SMILES string of the molecule is O=C(CC(c1ccccc1)c1ccc(Cl)cc1F)c1ccc(=O)[nH]c1. The van der Waals surface area contributed by atoms with E-state index in [9.17, 15) is 14.0 Å². The van der Waals surface area contributed by atoms with Crippen LogP contribution in [0.15, 0.2) is 71.7 Å². The molecule has 1 atom stereocenters. The van der Waals surface area contributed by atoms with E-state index in [2.05, 4.69) is 4.98 Å². The average Bonchev–Trinajstić information content (AvgIpc) is 2.61. The lowest BCUT2D eigenvalue weighted by molar-refractivity contribution is 0.0977. The number of nitrogens with one attached hydrogen (secondary N) is 1. The highest BCUT2D eigenvalue weighted by Crippen LogP contribution is 2.32. The molecular weight excluding hydrogens is 341 g/mol. The Bertz CT molecular complexity index is 933. The maximum atomic E-state index is 14.4. The summed E-state index contributed by atoms with van der Waals surface area (Å²) in [4.78, 5) is 26.3. The van der Waals surface area contributed by atoms with Crippen LogP contribution in [0.5, 0.6) is 0 Å². The summed E-state index contributed by atoms with van der Waals surface area (Å²) >= 11 is 5.84. The molecule has 1 unspecified atom stereocenters. The monoisotopic (exact) mass is 355 g/mol. The van der Waals surface area contributed by atoms with Gasteiger partial charge < -0.3 is 4.98 Å². The predicted molar refractivity (Wildman–Crippen MR) is 95.7 cm³/mol. The van der Waals surface area contributed by atoms with Crippen molar-refractivity contribution in [3.63, 3.8) is 0 Å². The zero-order valence-electron chi connectivity index (χ0n) is 13.2. The maximum absolute atomic E-state index is 14.4. The molecule has 0 saturated carbocycles. The number of halogens is 2. The van der Waals surface area contributed by atoms with Crippen LogP contribution in [0.4, 0.5) is 4.39 Å². The summed E-state index contributed by atoms with van der Waals surface area (Å²) in [7, 11) is 0. The first-order chi connectivity index (χ1) is 12.0. The number of aromatic amines is 1. The minimum Gasteiger partial charge on any atom is -0.328 e. The number of ketones is 1. The van der Waals surface area contributed by atoms with Crippen LogP contribution in [0, 0.1) is 5.82 Å². The van der Waals surface area contributed by atoms with Gasteiger partial charge in [0.25, 0.3) is 0 Å². The molecule has 1 heterocycles. The minimum atomic E-state index is -0.448. The fraction of sp³-hybridized carbons (Fsp3) is 0.100. The number of Topliss-reactive ketones (excluding diaryl/α,β-unsaturated/α-hetero) is 1. The van der Waals surface area contributed by atoms with Gasteiger partial charge >= 0.3 is 0 Å². The summed E-state index contributed by atoms with van der Waals surface area (Å²) in [5.41, 5.74) is 1.35. The molecule has 5 heteroatoms. The molecule has 0 bridgehead atoms. The van der Waals surface area contributed by atoms with Crippen LogP contribution in [0.1, 0.15) is 33.8 Å². The lowest BCUT2D eigenvalue weighted by Crippen LogP contribution is -2.12. The van der Waals surface area contributed by atoms with Gasteiger partial charge in [0.2, 0.25) is 5.56 Å². The van der Waals surface area contributed by atoms with E-state index in [0.717, 1.165) is 5.56 Å². The third kappa shape index (κ3) is 4.03. The summed E-state index contributed by atoms with van der Waals surface area (Å²) in [6.07, 6.45) is 1.46. The van der Waals surface area contributed by atoms with E-state index in [0.29, 0.717) is 16.1 Å². The van der Waals surface area contributed by atoms with Crippen molar-refractivity contribution in [1.82, 2.24) is 4.98 Å². The van der Waals surface area contributed by atoms with Crippen molar-refractivity contribution in [1.29, 1.82) is 0 Å². The van der Waals surface area contributed by atoms with E-state index in [1.54, 1.807) is 12.1 Å². The highest BCUT2D eigenvalue weighted by atomic mass is 35.5. The fourth-order valence-corrected chi connectivity index (χ4v) is 2.92. The molecule has 25 heavy (non-hydrogen) atoms. The zero-order valence-corrected chi connectivity index (χ0v) is 14.0. The minimum absolute atomic E-state index is 0.0780. The Balaban J connectivity index is 1.98. The molecule has 0 radical (unpaired) electrons. The van der Waals surface area contributed by atoms with Crippen LogP contribution in [-0.2, 0) is 0 Å². The molecule has 0 fully saturated rings. The second-order valence-corrected chi connectivity index (χ2v) is 6.13. The zero-order chi connectivity index (χ0) is 17.8. The summed E-state index contributed by atoms with van der Waals surface area (Å²) in [5.74, 6) is -1.08. The molecular formula is C20H15ClFNO2. The number of benzene rings is 2. The van der Waals surface area contributed by atoms with Gasteiger partial charge in [-0.15, -0.1) is 0 Å². The first kappa shape index (κ1) is 17.1. The van der Waals surface area contributed by atoms with E-state index < -0.39 is 11.7 Å². The van der Waals surface area contributed by atoms with Crippen LogP contribution in [0.3, 0.4) is 0 Å². The number of H-pyrrole nitrogens is 1. The van der Waals surface area contributed by atoms with Crippen LogP contribution in [0.2, 0.25) is 5.02 Å². The van der Waals surface area contributed by atoms with Crippen molar-refractivity contribution >= 4 is 17.4 Å². The molecule has 3 rings (SSSR count). The van der Waals surface area contributed by atoms with E-state index in [1.807, 2.05) is 30.3 Å². The van der Waals surface area contributed by atoms with Crippen molar-refractivity contribution in [2.45, 2.75) is 12.3 Å². The van der Waals surface area contributed by atoms with E-state index in [-0.39, 0.29) is 17.8 Å². The van der Waals surface area contributed by atoms with Crippen molar-refractivity contribution in [2.75, 3.05) is 0 Å². The number of hydrogen-bond acceptors (Lipinski definition) is 2. The molecule has 0 aliphatic rings. The van der Waals surface area contributed by atoms with E-state index in [4.69, 9.17) is 11.6 Å². The van der Waals surface area contributed by atoms with Crippen LogP contribution < -0.4 is 5.56 Å². The molecule has 0 spiro atoms. The normalized spacial score (nSPS) is 11.9. The third-order valence-corrected chi connectivity index (χ3v) is 4.27. The summed E-state index contributed by atoms with van der Waals surface area (Å²) in [6, 6.07) is 16.5. The van der Waals surface area contributed by atoms with Gasteiger partial charge in [0.05, 0.1) is 0 Å². The number of carbonyl (C=O) groups is 1. The maximum Gasteiger partial charge on any atom is 0.247 e. The Kier molecular flexibility index (Phi) is 5.10. The molecule has 1 N–H and O–H groups in total. The van der Waals surface area contributed by atoms with Crippen LogP contribution >= 0.6 is 11.6 Å². The van der Waals surface area contributed by atoms with Crippen molar-refractivity contribution in [3.8, 4) is 0 Å². The first-order valence-corrected chi connectivity index (χ1v) is 8.14. The predicted octanol–water partition coefficient (Wildman–Crippen LogP) is 4.57. The van der Waals surface area contributed by atoms with Crippen LogP contribution in [-0.4, -0.2) is 10.8 Å². The van der Waals surface area contributed by atoms with Gasteiger partial charge in [-0.25, -0.2) is 4.39 Å². The molecule has 3 aromatic rings. The molecule has 2 aromatic carbocycles. The summed E-state index contributed by atoms with van der Waals surface area (Å²) in [5, 5.41) is 0.306. The Morgan fingerprint density at radius 2 is 1.84 bits per heavy atom. The number of carbonyl (C=O) groups excluding carboxylic acids is 1. The number of rotatable bonds is 5. The topological polar surface area (TPSA) is 49.9 Å². The van der Waals surface area contributed by atoms with Crippen molar-refractivity contribution < 1.29 is 9.18 Å². The van der Waals surface area contributed by atoms with E-state index in [1.165, 1.54) is 24.4 Å². The highest BCUT2D eigenvalue weighted by Gasteiger charge is 2.22. The smallest absolute Gasteiger partial charge is 0.247 e. The van der Waals surface area contributed by atoms with Crippen LogP contribution in [0.25, 0.3) is 0 Å². The van der Waals surface area contributed by atoms with Gasteiger partial charge in [0, 0.05) is 35.2 Å². The molecule has 0 saturated heterocycles. The number of hydrogen-bond donors (Lipinski definition) is 1. The second kappa shape index (κ2) is 7.45. The second-order valence-electron chi connectivity index (χ2n) is 5.70. The molecule has 0 aliphatic heterocycles. The lowest BCUT2D eigenvalue weighted by Gasteiger charge is -2.18. The van der Waals surface area contributed by atoms with Gasteiger partial charge in [-0.1, -0.05) is 48.0 Å². The Morgan fingerprint density at radius 1 is 1.08 bits per heavy atom. The van der Waals surface area contributed by atoms with Gasteiger partial charge in [-0.3, -0.25) is 9.59 Å². The number of pyridine rings is 1. The number of aromatic nitrogens is 1. The molecule has 3 nitrogen and oxygen atoms in total. The quantitative estimate of drug-likeness (QED) is 0.681. The molecule has 1 aromatic heterocycles. The van der Waals surface area contributed by atoms with Gasteiger partial charge in [-0.05, 0) is 29.3 Å².